The van der Waals surface area contributed by atoms with Crippen LogP contribution in [0.4, 0.5) is 18.9 Å². The van der Waals surface area contributed by atoms with Gasteiger partial charge in [-0.15, -0.1) is 0 Å². The van der Waals surface area contributed by atoms with Crippen molar-refractivity contribution in [3.8, 4) is 17.0 Å². The largest absolute Gasteiger partial charge is 0.478 e. The highest BCUT2D eigenvalue weighted by Crippen LogP contribution is 2.37. The van der Waals surface area contributed by atoms with Crippen LogP contribution in [0.5, 0.6) is 5.88 Å². The molecule has 0 radical (unpaired) electrons. The maximum absolute atomic E-state index is 16.4. The van der Waals surface area contributed by atoms with Gasteiger partial charge in [-0.25, -0.2) is 18.2 Å². The van der Waals surface area contributed by atoms with Crippen molar-refractivity contribution in [3.63, 3.8) is 0 Å². The van der Waals surface area contributed by atoms with E-state index in [-0.39, 0.29) is 59.8 Å². The Bertz CT molecular complexity index is 1460. The van der Waals surface area contributed by atoms with Crippen LogP contribution in [0.2, 0.25) is 5.02 Å². The van der Waals surface area contributed by atoms with Crippen molar-refractivity contribution in [1.82, 2.24) is 20.5 Å². The molecule has 1 aliphatic rings. The van der Waals surface area contributed by atoms with Crippen molar-refractivity contribution in [2.45, 2.75) is 32.7 Å². The van der Waals surface area contributed by atoms with E-state index in [0.717, 1.165) is 6.07 Å². The zero-order valence-electron chi connectivity index (χ0n) is 24.3. The minimum absolute atomic E-state index is 0.107. The number of carbonyl (C=O) groups is 2. The van der Waals surface area contributed by atoms with Gasteiger partial charge in [0.1, 0.15) is 5.82 Å². The molecule has 0 bridgehead atoms. The number of halogens is 4. The van der Waals surface area contributed by atoms with Gasteiger partial charge in [-0.3, -0.25) is 9.59 Å². The molecule has 12 heteroatoms. The van der Waals surface area contributed by atoms with Crippen molar-refractivity contribution in [2.75, 3.05) is 51.3 Å². The van der Waals surface area contributed by atoms with Crippen LogP contribution >= 0.6 is 11.6 Å². The number of hydrogen-bond acceptors (Lipinski definition) is 6. The third kappa shape index (κ3) is 7.05. The molecule has 2 N–H and O–H groups in total. The molecule has 0 saturated carbocycles. The van der Waals surface area contributed by atoms with Crippen LogP contribution in [0.3, 0.4) is 0 Å². The quantitative estimate of drug-likeness (QED) is 0.274. The highest BCUT2D eigenvalue weighted by molar-refractivity contribution is 6.30. The molecule has 1 fully saturated rings. The fraction of sp³-hybridized carbons (Fsp3) is 0.387. The van der Waals surface area contributed by atoms with E-state index in [0.29, 0.717) is 30.8 Å². The van der Waals surface area contributed by atoms with Gasteiger partial charge in [0, 0.05) is 72.2 Å². The fourth-order valence-corrected chi connectivity index (χ4v) is 5.43. The van der Waals surface area contributed by atoms with Crippen LogP contribution in [-0.4, -0.2) is 74.1 Å². The fourth-order valence-electron chi connectivity index (χ4n) is 5.25. The molecule has 0 aliphatic carbocycles. The number of pyridine rings is 1. The molecule has 1 atom stereocenters. The van der Waals surface area contributed by atoms with Gasteiger partial charge in [-0.05, 0) is 62.9 Å². The number of anilines is 1. The van der Waals surface area contributed by atoms with Gasteiger partial charge in [-0.1, -0.05) is 18.5 Å². The van der Waals surface area contributed by atoms with Gasteiger partial charge < -0.3 is 25.2 Å². The van der Waals surface area contributed by atoms with Gasteiger partial charge in [-0.2, -0.15) is 0 Å². The second-order valence-corrected chi connectivity index (χ2v) is 10.4. The first-order valence-electron chi connectivity index (χ1n) is 14.2. The minimum Gasteiger partial charge on any atom is -0.478 e. The molecule has 2 amide bonds. The summed E-state index contributed by atoms with van der Waals surface area (Å²) >= 11 is 5.91. The van der Waals surface area contributed by atoms with Gasteiger partial charge in [0.2, 0.25) is 5.88 Å². The summed E-state index contributed by atoms with van der Waals surface area (Å²) in [5.74, 6) is -1.58. The first-order valence-corrected chi connectivity index (χ1v) is 14.6. The average molecular weight is 618 g/mol. The molecular weight excluding hydrogens is 583 g/mol. The standard InChI is InChI=1S/C31H35ClF3N5O3/c1-4-20-18-39(31(42)23-9-8-19(32)17-24(23)28(34)35)15-16-40(20)25-11-10-21(22-7-6-12-38-30(22)43-5-2)27(33)26(25)29(41)37-14-13-36-3/h6-12,17,20,28,36H,4-5,13-16,18H2,1-3H3,(H,37,41)/t20-/m1/s1. The summed E-state index contributed by atoms with van der Waals surface area (Å²) in [6.45, 7) is 5.45. The van der Waals surface area contributed by atoms with Crippen LogP contribution in [0.1, 0.15) is 53.0 Å². The second kappa shape index (κ2) is 14.6. The Hall–Kier alpha value is -3.83. The lowest BCUT2D eigenvalue weighted by Gasteiger charge is -2.43. The van der Waals surface area contributed by atoms with E-state index in [4.69, 9.17) is 16.3 Å². The first kappa shape index (κ1) is 32.1. The number of piperazine rings is 1. The molecule has 4 rings (SSSR count). The van der Waals surface area contributed by atoms with Crippen molar-refractivity contribution >= 4 is 29.1 Å². The van der Waals surface area contributed by atoms with Gasteiger partial charge >= 0.3 is 0 Å². The first-order chi connectivity index (χ1) is 20.7. The Kier molecular flexibility index (Phi) is 10.9. The zero-order valence-corrected chi connectivity index (χ0v) is 25.1. The Morgan fingerprint density at radius 1 is 1.12 bits per heavy atom. The number of carbonyl (C=O) groups excluding carboxylic acids is 2. The summed E-state index contributed by atoms with van der Waals surface area (Å²) in [4.78, 5) is 34.5. The number of alkyl halides is 2. The average Bonchev–Trinajstić information content (AvgIpc) is 3.00. The smallest absolute Gasteiger partial charge is 0.264 e. The third-order valence-corrected chi connectivity index (χ3v) is 7.61. The molecule has 0 spiro atoms. The number of hydrogen-bond donors (Lipinski definition) is 2. The van der Waals surface area contributed by atoms with Crippen molar-refractivity contribution in [3.05, 3.63) is 76.2 Å². The maximum atomic E-state index is 16.4. The van der Waals surface area contributed by atoms with E-state index in [1.54, 1.807) is 44.4 Å². The molecule has 2 heterocycles. The molecule has 3 aromatic rings. The summed E-state index contributed by atoms with van der Waals surface area (Å²) in [6.07, 6.45) is -0.769. The van der Waals surface area contributed by atoms with Crippen LogP contribution in [0.25, 0.3) is 11.1 Å². The van der Waals surface area contributed by atoms with Crippen molar-refractivity contribution in [1.29, 1.82) is 0 Å². The molecule has 230 valence electrons. The minimum atomic E-state index is -2.87. The second-order valence-electron chi connectivity index (χ2n) is 10.0. The van der Waals surface area contributed by atoms with Gasteiger partial charge in [0.25, 0.3) is 18.2 Å². The number of rotatable bonds is 11. The maximum Gasteiger partial charge on any atom is 0.264 e. The summed E-state index contributed by atoms with van der Waals surface area (Å²) in [6, 6.07) is 10.2. The van der Waals surface area contributed by atoms with E-state index in [1.165, 1.54) is 17.0 Å². The van der Waals surface area contributed by atoms with Crippen molar-refractivity contribution in [2.24, 2.45) is 0 Å². The van der Waals surface area contributed by atoms with Crippen molar-refractivity contribution < 1.29 is 27.5 Å². The molecule has 1 saturated heterocycles. The molecule has 2 aromatic carbocycles. The summed E-state index contributed by atoms with van der Waals surface area (Å²) in [5, 5.41) is 5.85. The van der Waals surface area contributed by atoms with Gasteiger partial charge in [0.15, 0.2) is 0 Å². The number of nitrogens with one attached hydrogen (secondary N) is 2. The highest BCUT2D eigenvalue weighted by atomic mass is 35.5. The third-order valence-electron chi connectivity index (χ3n) is 7.38. The lowest BCUT2D eigenvalue weighted by Crippen LogP contribution is -2.55. The number of likely N-dealkylation sites (N-methyl/N-ethyl adjacent to an activating group) is 1. The number of nitrogens with zero attached hydrogens (tertiary/aromatic N) is 3. The van der Waals surface area contributed by atoms with Crippen LogP contribution in [0.15, 0.2) is 48.7 Å². The number of ether oxygens (including phenoxy) is 1. The lowest BCUT2D eigenvalue weighted by molar-refractivity contribution is 0.0708. The number of aromatic nitrogens is 1. The summed E-state index contributed by atoms with van der Waals surface area (Å²) in [5.41, 5.74) is 0.304. The van der Waals surface area contributed by atoms with Gasteiger partial charge in [0.05, 0.1) is 17.9 Å². The molecule has 1 aliphatic heterocycles. The monoisotopic (exact) mass is 617 g/mol. The molecular formula is C31H35ClF3N5O3. The molecule has 0 unspecified atom stereocenters. The number of benzene rings is 2. The van der Waals surface area contributed by atoms with E-state index in [1.807, 2.05) is 11.8 Å². The Morgan fingerprint density at radius 2 is 1.91 bits per heavy atom. The molecule has 43 heavy (non-hydrogen) atoms. The van der Waals surface area contributed by atoms with E-state index < -0.39 is 29.6 Å². The van der Waals surface area contributed by atoms with Crippen LogP contribution in [0, 0.1) is 5.82 Å². The Morgan fingerprint density at radius 3 is 2.60 bits per heavy atom. The van der Waals surface area contributed by atoms with Crippen LogP contribution < -0.4 is 20.3 Å². The predicted molar refractivity (Wildman–Crippen MR) is 161 cm³/mol. The Labute approximate surface area is 254 Å². The van der Waals surface area contributed by atoms with Crippen LogP contribution in [-0.2, 0) is 0 Å². The van der Waals surface area contributed by atoms with E-state index in [9.17, 15) is 18.4 Å². The Balaban J connectivity index is 1.71. The van der Waals surface area contributed by atoms with E-state index in [2.05, 4.69) is 15.6 Å². The SMILES string of the molecule is CCOc1ncccc1-c1ccc(N2CCN(C(=O)c3ccc(Cl)cc3C(F)F)C[C@H]2CC)c(C(=O)NCCNC)c1F. The number of amides is 2. The summed E-state index contributed by atoms with van der Waals surface area (Å²) < 4.78 is 49.5. The normalized spacial score (nSPS) is 15.1. The highest BCUT2D eigenvalue weighted by Gasteiger charge is 2.34. The van der Waals surface area contributed by atoms with E-state index >= 15 is 4.39 Å². The molecule has 8 nitrogen and oxygen atoms in total. The lowest BCUT2D eigenvalue weighted by atomic mass is 9.98. The topological polar surface area (TPSA) is 86.8 Å². The summed E-state index contributed by atoms with van der Waals surface area (Å²) in [7, 11) is 1.75. The predicted octanol–water partition coefficient (Wildman–Crippen LogP) is 5.57. The molecule has 1 aromatic heterocycles. The zero-order chi connectivity index (χ0) is 31.1.